The largest absolute Gasteiger partial charge is 0.481 e. The van der Waals surface area contributed by atoms with Gasteiger partial charge in [0.05, 0.1) is 5.92 Å². The zero-order chi connectivity index (χ0) is 17.5. The number of carboxylic acids is 1. The molecule has 0 atom stereocenters. The molecule has 0 heterocycles. The molecular weight excluding hydrogens is 306 g/mol. The molecule has 0 bridgehead atoms. The number of hydrogen-bond acceptors (Lipinski definition) is 3. The Kier molecular flexibility index (Phi) is 6.46. The number of amides is 2. The first-order valence-corrected chi connectivity index (χ1v) is 8.48. The minimum Gasteiger partial charge on any atom is -0.481 e. The third kappa shape index (κ3) is 5.15. The lowest BCUT2D eigenvalue weighted by Crippen LogP contribution is -2.46. The van der Waals surface area contributed by atoms with Crippen LogP contribution in [0, 0.1) is 5.92 Å². The Morgan fingerprint density at radius 1 is 1.08 bits per heavy atom. The van der Waals surface area contributed by atoms with Crippen molar-refractivity contribution in [3.05, 3.63) is 30.3 Å². The fraction of sp³-hybridized carbons (Fsp3) is 0.556. The van der Waals surface area contributed by atoms with Crippen LogP contribution in [0.5, 0.6) is 0 Å². The molecule has 0 saturated heterocycles. The molecule has 0 aliphatic heterocycles. The molecule has 0 unspecified atom stereocenters. The van der Waals surface area contributed by atoms with Gasteiger partial charge >= 0.3 is 12.0 Å². The second-order valence-corrected chi connectivity index (χ2v) is 6.51. The fourth-order valence-corrected chi connectivity index (χ4v) is 2.98. The number of benzene rings is 1. The Bertz CT molecular complexity index is 542. The highest BCUT2D eigenvalue weighted by Crippen LogP contribution is 2.24. The number of aliphatic carboxylic acids is 1. The zero-order valence-corrected chi connectivity index (χ0v) is 14.4. The van der Waals surface area contributed by atoms with Gasteiger partial charge < -0.3 is 20.2 Å². The van der Waals surface area contributed by atoms with Crippen molar-refractivity contribution >= 4 is 17.7 Å². The molecule has 1 aliphatic carbocycles. The van der Waals surface area contributed by atoms with Crippen molar-refractivity contribution in [1.29, 1.82) is 0 Å². The third-order valence-corrected chi connectivity index (χ3v) is 4.72. The summed E-state index contributed by atoms with van der Waals surface area (Å²) >= 11 is 0. The molecule has 0 spiro atoms. The van der Waals surface area contributed by atoms with Gasteiger partial charge in [-0.1, -0.05) is 18.2 Å². The molecule has 24 heavy (non-hydrogen) atoms. The maximum absolute atomic E-state index is 12.3. The fourth-order valence-electron chi connectivity index (χ4n) is 2.98. The van der Waals surface area contributed by atoms with E-state index in [1.165, 1.54) is 0 Å². The number of nitrogens with one attached hydrogen (secondary N) is 1. The third-order valence-electron chi connectivity index (χ3n) is 4.72. The topological polar surface area (TPSA) is 72.9 Å². The van der Waals surface area contributed by atoms with Gasteiger partial charge in [-0.25, -0.2) is 4.79 Å². The predicted octanol–water partition coefficient (Wildman–Crippen LogP) is 2.41. The first-order valence-electron chi connectivity index (χ1n) is 8.48. The molecule has 132 valence electrons. The van der Waals surface area contributed by atoms with Gasteiger partial charge in [0.1, 0.15) is 0 Å². The highest BCUT2D eigenvalue weighted by atomic mass is 16.4. The van der Waals surface area contributed by atoms with E-state index in [2.05, 4.69) is 10.2 Å². The van der Waals surface area contributed by atoms with Crippen LogP contribution in [0.3, 0.4) is 0 Å². The van der Waals surface area contributed by atoms with Crippen LogP contribution in [0.15, 0.2) is 30.3 Å². The van der Waals surface area contributed by atoms with E-state index < -0.39 is 5.97 Å². The summed E-state index contributed by atoms with van der Waals surface area (Å²) in [6, 6.07) is 10.1. The van der Waals surface area contributed by atoms with E-state index in [0.29, 0.717) is 19.4 Å². The lowest BCUT2D eigenvalue weighted by atomic mass is 9.86. The summed E-state index contributed by atoms with van der Waals surface area (Å²) in [5.74, 6) is -0.976. The summed E-state index contributed by atoms with van der Waals surface area (Å²) in [5.41, 5.74) is 1.12. The van der Waals surface area contributed by atoms with Gasteiger partial charge in [-0.3, -0.25) is 4.79 Å². The van der Waals surface area contributed by atoms with Gasteiger partial charge in [-0.05, 0) is 37.8 Å². The van der Waals surface area contributed by atoms with Gasteiger partial charge in [-0.2, -0.15) is 0 Å². The van der Waals surface area contributed by atoms with Crippen molar-refractivity contribution in [2.75, 3.05) is 32.1 Å². The molecule has 1 fully saturated rings. The number of anilines is 1. The smallest absolute Gasteiger partial charge is 0.317 e. The van der Waals surface area contributed by atoms with Gasteiger partial charge in [0.25, 0.3) is 0 Å². The first-order chi connectivity index (χ1) is 11.5. The number of likely N-dealkylation sites (N-methyl/N-ethyl adjacent to an activating group) is 2. The molecule has 2 N–H and O–H groups in total. The van der Waals surface area contributed by atoms with Crippen LogP contribution in [-0.4, -0.2) is 55.2 Å². The second kappa shape index (κ2) is 8.57. The Morgan fingerprint density at radius 3 is 2.29 bits per heavy atom. The number of hydrogen-bond donors (Lipinski definition) is 2. The molecule has 1 saturated carbocycles. The minimum atomic E-state index is -0.721. The molecule has 6 heteroatoms. The minimum absolute atomic E-state index is 0.0856. The lowest BCUT2D eigenvalue weighted by Gasteiger charge is -2.29. The van der Waals surface area contributed by atoms with E-state index in [4.69, 9.17) is 5.11 Å². The molecule has 1 aromatic carbocycles. The number of carbonyl (C=O) groups is 2. The summed E-state index contributed by atoms with van der Waals surface area (Å²) in [5, 5.41) is 12.0. The Labute approximate surface area is 143 Å². The number of carboxylic acid groups (broad SMARTS) is 1. The molecule has 2 amide bonds. The van der Waals surface area contributed by atoms with Crippen LogP contribution in [0.2, 0.25) is 0 Å². The van der Waals surface area contributed by atoms with Crippen LogP contribution in [0.25, 0.3) is 0 Å². The Morgan fingerprint density at radius 2 is 1.71 bits per heavy atom. The van der Waals surface area contributed by atoms with Gasteiger partial charge in [0, 0.05) is 38.9 Å². The van der Waals surface area contributed by atoms with Crippen LogP contribution in [0.1, 0.15) is 25.7 Å². The predicted molar refractivity (Wildman–Crippen MR) is 94.3 cm³/mol. The highest BCUT2D eigenvalue weighted by molar-refractivity contribution is 5.74. The summed E-state index contributed by atoms with van der Waals surface area (Å²) in [6.45, 7) is 1.38. The number of nitrogens with zero attached hydrogens (tertiary/aromatic N) is 2. The SMILES string of the molecule is CN(CCN(C)c1ccccc1)C(=O)NC1CCC(C(=O)O)CC1. The molecular formula is C18H27N3O3. The normalized spacial score (nSPS) is 20.2. The summed E-state index contributed by atoms with van der Waals surface area (Å²) in [7, 11) is 3.80. The molecule has 1 aliphatic rings. The first kappa shape index (κ1) is 18.1. The monoisotopic (exact) mass is 333 g/mol. The zero-order valence-electron chi connectivity index (χ0n) is 14.4. The van der Waals surface area contributed by atoms with Crippen molar-refractivity contribution < 1.29 is 14.7 Å². The Balaban J connectivity index is 1.72. The average Bonchev–Trinajstić information content (AvgIpc) is 2.60. The van der Waals surface area contributed by atoms with Crippen molar-refractivity contribution in [3.8, 4) is 0 Å². The van der Waals surface area contributed by atoms with E-state index in [-0.39, 0.29) is 18.0 Å². The van der Waals surface area contributed by atoms with Crippen molar-refractivity contribution in [3.63, 3.8) is 0 Å². The molecule has 6 nitrogen and oxygen atoms in total. The number of rotatable bonds is 6. The second-order valence-electron chi connectivity index (χ2n) is 6.51. The van der Waals surface area contributed by atoms with E-state index in [1.807, 2.05) is 37.4 Å². The standard InChI is InChI=1S/C18H27N3O3/c1-20(16-6-4-3-5-7-16)12-13-21(2)18(24)19-15-10-8-14(9-11-15)17(22)23/h3-7,14-15H,8-13H2,1-2H3,(H,19,24)(H,22,23). The Hall–Kier alpha value is -2.24. The molecule has 1 aromatic rings. The maximum atomic E-state index is 12.3. The summed E-state index contributed by atoms with van der Waals surface area (Å²) < 4.78 is 0. The van der Waals surface area contributed by atoms with E-state index in [1.54, 1.807) is 11.9 Å². The number of urea groups is 1. The highest BCUT2D eigenvalue weighted by Gasteiger charge is 2.27. The van der Waals surface area contributed by atoms with E-state index in [9.17, 15) is 9.59 Å². The van der Waals surface area contributed by atoms with Gasteiger partial charge in [0.15, 0.2) is 0 Å². The van der Waals surface area contributed by atoms with Crippen molar-refractivity contribution in [2.45, 2.75) is 31.7 Å². The van der Waals surface area contributed by atoms with Crippen molar-refractivity contribution in [1.82, 2.24) is 10.2 Å². The number of carbonyl (C=O) groups excluding carboxylic acids is 1. The molecule has 0 radical (unpaired) electrons. The van der Waals surface area contributed by atoms with Gasteiger partial charge in [-0.15, -0.1) is 0 Å². The van der Waals surface area contributed by atoms with Crippen LogP contribution < -0.4 is 10.2 Å². The summed E-state index contributed by atoms with van der Waals surface area (Å²) in [4.78, 5) is 27.0. The molecule has 0 aromatic heterocycles. The maximum Gasteiger partial charge on any atom is 0.317 e. The quantitative estimate of drug-likeness (QED) is 0.838. The number of para-hydroxylation sites is 1. The average molecular weight is 333 g/mol. The van der Waals surface area contributed by atoms with E-state index >= 15 is 0 Å². The molecule has 2 rings (SSSR count). The lowest BCUT2D eigenvalue weighted by molar-refractivity contribution is -0.142. The van der Waals surface area contributed by atoms with Crippen LogP contribution in [-0.2, 0) is 4.79 Å². The van der Waals surface area contributed by atoms with Crippen molar-refractivity contribution in [2.24, 2.45) is 5.92 Å². The van der Waals surface area contributed by atoms with Crippen LogP contribution in [0.4, 0.5) is 10.5 Å². The summed E-state index contributed by atoms with van der Waals surface area (Å²) in [6.07, 6.45) is 2.75. The van der Waals surface area contributed by atoms with Gasteiger partial charge in [0.2, 0.25) is 0 Å². The van der Waals surface area contributed by atoms with Crippen LogP contribution >= 0.6 is 0 Å². The van der Waals surface area contributed by atoms with E-state index in [0.717, 1.165) is 25.1 Å².